The number of nitrogens with zero attached hydrogens (tertiary/aromatic N) is 4. The van der Waals surface area contributed by atoms with Gasteiger partial charge in [-0.15, -0.1) is 10.2 Å². The molecule has 9 heteroatoms. The van der Waals surface area contributed by atoms with Crippen LogP contribution in [-0.4, -0.2) is 31.2 Å². The van der Waals surface area contributed by atoms with Crippen molar-refractivity contribution >= 4 is 28.7 Å². The fourth-order valence-corrected chi connectivity index (χ4v) is 3.33. The minimum Gasteiger partial charge on any atom is -0.419 e. The van der Waals surface area contributed by atoms with Crippen molar-refractivity contribution in [2.75, 3.05) is 5.32 Å². The summed E-state index contributed by atoms with van der Waals surface area (Å²) in [5.41, 5.74) is 2.57. The molecule has 0 unspecified atom stereocenters. The molecule has 1 aliphatic rings. The van der Waals surface area contributed by atoms with Gasteiger partial charge in [-0.1, -0.05) is 18.2 Å². The Hall–Kier alpha value is -3.33. The third-order valence-electron chi connectivity index (χ3n) is 4.59. The Labute approximate surface area is 172 Å². The summed E-state index contributed by atoms with van der Waals surface area (Å²) in [5.74, 6) is 0.656. The molecule has 0 bridgehead atoms. The minimum atomic E-state index is -0.453. The maximum atomic E-state index is 11.0. The molecular formula is C20H19N5O3S. The Balaban J connectivity index is 1.49. The van der Waals surface area contributed by atoms with Crippen LogP contribution in [0.15, 0.2) is 52.9 Å². The summed E-state index contributed by atoms with van der Waals surface area (Å²) in [6, 6.07) is 14.5. The van der Waals surface area contributed by atoms with Gasteiger partial charge in [0.1, 0.15) is 0 Å². The summed E-state index contributed by atoms with van der Waals surface area (Å²) >= 11 is 5.61. The zero-order valence-electron chi connectivity index (χ0n) is 15.7. The predicted molar refractivity (Wildman–Crippen MR) is 112 cm³/mol. The van der Waals surface area contributed by atoms with Crippen molar-refractivity contribution in [3.63, 3.8) is 0 Å². The van der Waals surface area contributed by atoms with Crippen LogP contribution in [0.2, 0.25) is 0 Å². The van der Waals surface area contributed by atoms with E-state index in [-0.39, 0.29) is 11.6 Å². The van der Waals surface area contributed by atoms with E-state index in [0.717, 1.165) is 24.1 Å². The van der Waals surface area contributed by atoms with Crippen molar-refractivity contribution in [1.29, 1.82) is 0 Å². The third-order valence-corrected chi connectivity index (χ3v) is 4.93. The number of aryl methyl sites for hydroxylation is 1. The molecular weight excluding hydrogens is 390 g/mol. The Kier molecular flexibility index (Phi) is 5.22. The second-order valence-corrected chi connectivity index (χ2v) is 7.35. The molecule has 1 N–H and O–H groups in total. The molecule has 148 valence electrons. The molecule has 2 aromatic carbocycles. The van der Waals surface area contributed by atoms with E-state index < -0.39 is 4.92 Å². The summed E-state index contributed by atoms with van der Waals surface area (Å²) in [6.07, 6.45) is 2.11. The molecule has 0 spiro atoms. The zero-order valence-corrected chi connectivity index (χ0v) is 16.6. The first-order chi connectivity index (χ1) is 14.0. The van der Waals surface area contributed by atoms with Crippen molar-refractivity contribution in [2.45, 2.75) is 32.4 Å². The normalized spacial score (nSPS) is 13.1. The number of anilines is 1. The van der Waals surface area contributed by atoms with Crippen LogP contribution in [0.5, 0.6) is 0 Å². The maximum absolute atomic E-state index is 11.0. The lowest BCUT2D eigenvalue weighted by Gasteiger charge is -2.24. The Morgan fingerprint density at radius 3 is 2.79 bits per heavy atom. The van der Waals surface area contributed by atoms with Gasteiger partial charge in [-0.05, 0) is 55.7 Å². The van der Waals surface area contributed by atoms with Crippen LogP contribution in [0.1, 0.15) is 24.3 Å². The maximum Gasteiger partial charge on any atom is 0.270 e. The van der Waals surface area contributed by atoms with Crippen molar-refractivity contribution in [3.05, 3.63) is 70.1 Å². The number of nitro groups is 1. The van der Waals surface area contributed by atoms with Crippen molar-refractivity contribution < 1.29 is 9.34 Å². The third kappa shape index (κ3) is 4.57. The fourth-order valence-electron chi connectivity index (χ4n) is 3.00. The van der Waals surface area contributed by atoms with Gasteiger partial charge in [-0.2, -0.15) is 0 Å². The van der Waals surface area contributed by atoms with E-state index in [9.17, 15) is 10.1 Å². The van der Waals surface area contributed by atoms with E-state index in [1.165, 1.54) is 12.1 Å². The molecule has 4 rings (SSSR count). The average Bonchev–Trinajstić information content (AvgIpc) is 3.43. The summed E-state index contributed by atoms with van der Waals surface area (Å²) in [4.78, 5) is 12.6. The quantitative estimate of drug-likeness (QED) is 0.365. The van der Waals surface area contributed by atoms with Gasteiger partial charge >= 0.3 is 0 Å². The van der Waals surface area contributed by atoms with Crippen molar-refractivity contribution in [3.8, 4) is 11.5 Å². The highest BCUT2D eigenvalue weighted by atomic mass is 32.1. The van der Waals surface area contributed by atoms with E-state index >= 15 is 0 Å². The SMILES string of the molecule is Cc1cccc(NC(=S)N(Cc2nnc(-c3cccc([N+](=O)[O-])c3)o2)C2CC2)c1. The lowest BCUT2D eigenvalue weighted by atomic mass is 10.2. The Morgan fingerprint density at radius 2 is 2.07 bits per heavy atom. The molecule has 29 heavy (non-hydrogen) atoms. The molecule has 0 aliphatic heterocycles. The van der Waals surface area contributed by atoms with Gasteiger partial charge in [0, 0.05) is 29.4 Å². The molecule has 1 aromatic heterocycles. The highest BCUT2D eigenvalue weighted by molar-refractivity contribution is 7.80. The lowest BCUT2D eigenvalue weighted by Crippen LogP contribution is -2.36. The summed E-state index contributed by atoms with van der Waals surface area (Å²) < 4.78 is 5.76. The van der Waals surface area contributed by atoms with Crippen LogP contribution >= 0.6 is 12.2 Å². The standard InChI is InChI=1S/C20H19N5O3S/c1-13-4-2-6-15(10-13)21-20(29)24(16-8-9-16)12-18-22-23-19(28-18)14-5-3-7-17(11-14)25(26)27/h2-7,10-11,16H,8-9,12H2,1H3,(H,21,29). The number of thiocarbonyl (C=S) groups is 1. The first-order valence-corrected chi connectivity index (χ1v) is 9.62. The first-order valence-electron chi connectivity index (χ1n) is 9.21. The summed E-state index contributed by atoms with van der Waals surface area (Å²) in [7, 11) is 0. The second kappa shape index (κ2) is 7.96. The zero-order chi connectivity index (χ0) is 20.4. The highest BCUT2D eigenvalue weighted by Gasteiger charge is 2.32. The Bertz CT molecular complexity index is 1060. The number of nitro benzene ring substituents is 1. The van der Waals surface area contributed by atoms with E-state index in [0.29, 0.717) is 29.2 Å². The number of nitrogens with one attached hydrogen (secondary N) is 1. The molecule has 8 nitrogen and oxygen atoms in total. The van der Waals surface area contributed by atoms with Crippen LogP contribution in [-0.2, 0) is 6.54 Å². The first kappa shape index (κ1) is 19.0. The van der Waals surface area contributed by atoms with Crippen LogP contribution in [0.4, 0.5) is 11.4 Å². The minimum absolute atomic E-state index is 0.0228. The average molecular weight is 409 g/mol. The summed E-state index contributed by atoms with van der Waals surface area (Å²) in [6.45, 7) is 2.41. The van der Waals surface area contributed by atoms with Gasteiger partial charge in [0.05, 0.1) is 11.5 Å². The largest absolute Gasteiger partial charge is 0.419 e. The Morgan fingerprint density at radius 1 is 1.28 bits per heavy atom. The van der Waals surface area contributed by atoms with Gasteiger partial charge < -0.3 is 14.6 Å². The number of aromatic nitrogens is 2. The van der Waals surface area contributed by atoms with Crippen LogP contribution < -0.4 is 5.32 Å². The van der Waals surface area contributed by atoms with Crippen LogP contribution in [0.3, 0.4) is 0 Å². The molecule has 0 amide bonds. The van der Waals surface area contributed by atoms with Gasteiger partial charge in [0.15, 0.2) is 5.11 Å². The van der Waals surface area contributed by atoms with E-state index in [2.05, 4.69) is 15.5 Å². The van der Waals surface area contributed by atoms with E-state index in [1.54, 1.807) is 12.1 Å². The molecule has 1 saturated carbocycles. The van der Waals surface area contributed by atoms with Crippen molar-refractivity contribution in [1.82, 2.24) is 15.1 Å². The van der Waals surface area contributed by atoms with E-state index in [4.69, 9.17) is 16.6 Å². The smallest absolute Gasteiger partial charge is 0.270 e. The van der Waals surface area contributed by atoms with Crippen molar-refractivity contribution in [2.24, 2.45) is 0 Å². The number of benzene rings is 2. The van der Waals surface area contributed by atoms with Crippen LogP contribution in [0, 0.1) is 17.0 Å². The molecule has 1 heterocycles. The molecule has 1 aliphatic carbocycles. The molecule has 0 radical (unpaired) electrons. The van der Waals surface area contributed by atoms with E-state index in [1.807, 2.05) is 36.1 Å². The number of rotatable bonds is 6. The topological polar surface area (TPSA) is 97.3 Å². The second-order valence-electron chi connectivity index (χ2n) is 6.97. The number of hydrogen-bond donors (Lipinski definition) is 1. The van der Waals surface area contributed by atoms with Crippen LogP contribution in [0.25, 0.3) is 11.5 Å². The van der Waals surface area contributed by atoms with Gasteiger partial charge in [-0.25, -0.2) is 0 Å². The molecule has 3 aromatic rings. The number of non-ortho nitro benzene ring substituents is 1. The predicted octanol–water partition coefficient (Wildman–Crippen LogP) is 4.31. The lowest BCUT2D eigenvalue weighted by molar-refractivity contribution is -0.384. The molecule has 0 saturated heterocycles. The highest BCUT2D eigenvalue weighted by Crippen LogP contribution is 2.30. The molecule has 0 atom stereocenters. The monoisotopic (exact) mass is 409 g/mol. The molecule has 1 fully saturated rings. The van der Waals surface area contributed by atoms with Gasteiger partial charge in [0.2, 0.25) is 11.8 Å². The summed E-state index contributed by atoms with van der Waals surface area (Å²) in [5, 5.41) is 23.0. The van der Waals surface area contributed by atoms with Gasteiger partial charge in [-0.3, -0.25) is 10.1 Å². The fraction of sp³-hybridized carbons (Fsp3) is 0.250. The van der Waals surface area contributed by atoms with Gasteiger partial charge in [0.25, 0.3) is 5.69 Å². The number of hydrogen-bond acceptors (Lipinski definition) is 6.